The Morgan fingerprint density at radius 3 is 2.44 bits per heavy atom. The number of nitrogens with zero attached hydrogens (tertiary/aromatic N) is 3. The lowest BCUT2D eigenvalue weighted by Crippen LogP contribution is -2.51. The number of rotatable bonds is 7. The lowest BCUT2D eigenvalue weighted by Gasteiger charge is -2.45. The van der Waals surface area contributed by atoms with Gasteiger partial charge in [0.05, 0.1) is 26.2 Å². The van der Waals surface area contributed by atoms with E-state index in [1.54, 1.807) is 26.4 Å². The summed E-state index contributed by atoms with van der Waals surface area (Å²) in [7, 11) is 3.12. The summed E-state index contributed by atoms with van der Waals surface area (Å²) < 4.78 is 11.1. The highest BCUT2D eigenvalue weighted by Gasteiger charge is 2.46. The van der Waals surface area contributed by atoms with Crippen molar-refractivity contribution in [1.82, 2.24) is 15.1 Å². The second-order valence-electron chi connectivity index (χ2n) is 10.8. The average Bonchev–Trinajstić information content (AvgIpc) is 3.00. The van der Waals surface area contributed by atoms with Gasteiger partial charge in [-0.15, -0.1) is 0 Å². The minimum Gasteiger partial charge on any atom is -0.493 e. The van der Waals surface area contributed by atoms with Gasteiger partial charge in [0.15, 0.2) is 11.5 Å². The molecule has 1 N–H and O–H groups in total. The lowest BCUT2D eigenvalue weighted by molar-refractivity contribution is -0.124. The van der Waals surface area contributed by atoms with Crippen LogP contribution in [0.5, 0.6) is 11.5 Å². The Balaban J connectivity index is 1.20. The highest BCUT2D eigenvalue weighted by Crippen LogP contribution is 2.48. The third-order valence-electron chi connectivity index (χ3n) is 8.58. The number of piperazine rings is 1. The molecule has 0 bridgehead atoms. The number of nitrogens with one attached hydrogen (secondary N) is 1. The zero-order chi connectivity index (χ0) is 28.5. The van der Waals surface area contributed by atoms with Crippen LogP contribution in [0.2, 0.25) is 5.02 Å². The molecule has 3 heterocycles. The molecule has 3 aromatic carbocycles. The third kappa shape index (κ3) is 5.22. The number of benzene rings is 3. The monoisotopic (exact) mass is 574 g/mol. The highest BCUT2D eigenvalue weighted by atomic mass is 35.5. The maximum absolute atomic E-state index is 14.0. The minimum absolute atomic E-state index is 0.0814. The molecule has 0 aliphatic carbocycles. The van der Waals surface area contributed by atoms with Gasteiger partial charge in [-0.3, -0.25) is 14.5 Å². The first-order chi connectivity index (χ1) is 20.0. The molecule has 0 saturated carbocycles. The normalized spacial score (nSPS) is 20.1. The van der Waals surface area contributed by atoms with Crippen molar-refractivity contribution in [3.63, 3.8) is 0 Å². The van der Waals surface area contributed by atoms with Crippen LogP contribution >= 0.6 is 11.6 Å². The van der Waals surface area contributed by atoms with E-state index >= 15 is 0 Å². The Kier molecular flexibility index (Phi) is 7.77. The quantitative estimate of drug-likeness (QED) is 0.457. The Bertz CT molecular complexity index is 1460. The molecular weight excluding hydrogens is 540 g/mol. The van der Waals surface area contributed by atoms with E-state index in [9.17, 15) is 9.59 Å². The van der Waals surface area contributed by atoms with Crippen LogP contribution in [0.25, 0.3) is 0 Å². The zero-order valence-corrected chi connectivity index (χ0v) is 24.2. The standard InChI is InChI=1S/C32H35ClN4O4/c1-40-27-19-25-26(20-28(27)41-2)32(39)37-12-10-21-6-3-4-9-24(21)30(37)29(25)31(38)34-11-13-35-14-16-36(17-15-35)23-8-5-7-22(33)18-23/h3-9,18-20,29-30H,10-17H2,1-2H3,(H,34,38)/t29-,30+/m1/s1. The van der Waals surface area contributed by atoms with Crippen LogP contribution < -0.4 is 19.7 Å². The summed E-state index contributed by atoms with van der Waals surface area (Å²) in [6.07, 6.45) is 0.760. The number of hydrogen-bond acceptors (Lipinski definition) is 6. The molecule has 8 nitrogen and oxygen atoms in total. The number of halogens is 1. The molecule has 3 aliphatic heterocycles. The van der Waals surface area contributed by atoms with Crippen molar-refractivity contribution < 1.29 is 19.1 Å². The van der Waals surface area contributed by atoms with Gasteiger partial charge in [-0.2, -0.15) is 0 Å². The van der Waals surface area contributed by atoms with Gasteiger partial charge in [0, 0.05) is 62.1 Å². The Hall–Kier alpha value is -3.75. The number of fused-ring (bicyclic) bond motifs is 4. The Labute approximate surface area is 245 Å². The van der Waals surface area contributed by atoms with Crippen LogP contribution in [0.1, 0.15) is 39.0 Å². The lowest BCUT2D eigenvalue weighted by atomic mass is 9.75. The molecule has 0 unspecified atom stereocenters. The SMILES string of the molecule is COc1cc2c(cc1OC)[C@@H](C(=O)NCCN1CCN(c3cccc(Cl)c3)CC1)[C@@H]1c3ccccc3CCN1C2=O. The topological polar surface area (TPSA) is 74.4 Å². The van der Waals surface area contributed by atoms with Crippen LogP contribution in [-0.2, 0) is 11.2 Å². The fraction of sp³-hybridized carbons (Fsp3) is 0.375. The van der Waals surface area contributed by atoms with Gasteiger partial charge in [-0.25, -0.2) is 0 Å². The molecular formula is C32H35ClN4O4. The van der Waals surface area contributed by atoms with Crippen LogP contribution in [0.3, 0.4) is 0 Å². The van der Waals surface area contributed by atoms with E-state index in [0.717, 1.165) is 55.4 Å². The molecule has 6 rings (SSSR count). The van der Waals surface area contributed by atoms with E-state index in [0.29, 0.717) is 35.7 Å². The molecule has 2 atom stereocenters. The highest BCUT2D eigenvalue weighted by molar-refractivity contribution is 6.30. The van der Waals surface area contributed by atoms with Gasteiger partial charge in [-0.05, 0) is 53.4 Å². The first-order valence-electron chi connectivity index (χ1n) is 14.1. The molecule has 214 valence electrons. The zero-order valence-electron chi connectivity index (χ0n) is 23.4. The summed E-state index contributed by atoms with van der Waals surface area (Å²) >= 11 is 6.19. The predicted molar refractivity (Wildman–Crippen MR) is 159 cm³/mol. The summed E-state index contributed by atoms with van der Waals surface area (Å²) in [5, 5.41) is 3.96. The molecule has 9 heteroatoms. The van der Waals surface area contributed by atoms with Crippen molar-refractivity contribution in [2.75, 3.05) is 64.9 Å². The Morgan fingerprint density at radius 1 is 0.927 bits per heavy atom. The van der Waals surface area contributed by atoms with Crippen molar-refractivity contribution in [2.24, 2.45) is 0 Å². The second-order valence-corrected chi connectivity index (χ2v) is 11.2. The molecule has 0 spiro atoms. The van der Waals surface area contributed by atoms with Crippen molar-refractivity contribution in [1.29, 1.82) is 0 Å². The van der Waals surface area contributed by atoms with Crippen molar-refractivity contribution in [3.05, 3.63) is 87.9 Å². The minimum atomic E-state index is -0.566. The first-order valence-corrected chi connectivity index (χ1v) is 14.5. The number of carbonyl (C=O) groups excluding carboxylic acids is 2. The molecule has 3 aromatic rings. The molecule has 41 heavy (non-hydrogen) atoms. The summed E-state index contributed by atoms with van der Waals surface area (Å²) in [6, 6.07) is 19.2. The number of hydrogen-bond donors (Lipinski definition) is 1. The van der Waals surface area contributed by atoms with Crippen molar-refractivity contribution in [3.8, 4) is 11.5 Å². The van der Waals surface area contributed by atoms with E-state index in [2.05, 4.69) is 27.2 Å². The number of amides is 2. The molecule has 0 radical (unpaired) electrons. The van der Waals surface area contributed by atoms with Gasteiger partial charge in [0.25, 0.3) is 5.91 Å². The van der Waals surface area contributed by atoms with E-state index in [-0.39, 0.29) is 17.9 Å². The maximum atomic E-state index is 14.0. The van der Waals surface area contributed by atoms with Gasteiger partial charge in [-0.1, -0.05) is 41.9 Å². The van der Waals surface area contributed by atoms with Crippen LogP contribution in [0.15, 0.2) is 60.7 Å². The molecule has 0 aromatic heterocycles. The van der Waals surface area contributed by atoms with Gasteiger partial charge >= 0.3 is 0 Å². The first kappa shape index (κ1) is 27.4. The largest absolute Gasteiger partial charge is 0.493 e. The smallest absolute Gasteiger partial charge is 0.254 e. The third-order valence-corrected chi connectivity index (χ3v) is 8.82. The fourth-order valence-corrected chi connectivity index (χ4v) is 6.67. The summed E-state index contributed by atoms with van der Waals surface area (Å²) in [5.41, 5.74) is 4.53. The van der Waals surface area contributed by atoms with E-state index in [4.69, 9.17) is 21.1 Å². The summed E-state index contributed by atoms with van der Waals surface area (Å²) in [5.74, 6) is 0.249. The number of methoxy groups -OCH3 is 2. The van der Waals surface area contributed by atoms with E-state index in [1.807, 2.05) is 41.3 Å². The maximum Gasteiger partial charge on any atom is 0.254 e. The predicted octanol–water partition coefficient (Wildman–Crippen LogP) is 4.13. The average molecular weight is 575 g/mol. The number of carbonyl (C=O) groups is 2. The van der Waals surface area contributed by atoms with Gasteiger partial charge < -0.3 is 24.6 Å². The van der Waals surface area contributed by atoms with Crippen LogP contribution in [0.4, 0.5) is 5.69 Å². The molecule has 1 fully saturated rings. The van der Waals surface area contributed by atoms with E-state index < -0.39 is 5.92 Å². The van der Waals surface area contributed by atoms with Crippen molar-refractivity contribution >= 4 is 29.1 Å². The number of ether oxygens (including phenoxy) is 2. The number of anilines is 1. The molecule has 1 saturated heterocycles. The van der Waals surface area contributed by atoms with Crippen LogP contribution in [-0.4, -0.2) is 81.6 Å². The summed E-state index contributed by atoms with van der Waals surface area (Å²) in [4.78, 5) is 34.4. The Morgan fingerprint density at radius 2 is 1.68 bits per heavy atom. The van der Waals surface area contributed by atoms with Crippen molar-refractivity contribution in [2.45, 2.75) is 18.4 Å². The molecule has 3 aliphatic rings. The fourth-order valence-electron chi connectivity index (χ4n) is 6.48. The molecule has 2 amide bonds. The second kappa shape index (κ2) is 11.6. The van der Waals surface area contributed by atoms with Gasteiger partial charge in [0.2, 0.25) is 5.91 Å². The summed E-state index contributed by atoms with van der Waals surface area (Å²) in [6.45, 7) is 5.47. The van der Waals surface area contributed by atoms with Gasteiger partial charge in [0.1, 0.15) is 0 Å². The van der Waals surface area contributed by atoms with Crippen LogP contribution in [0, 0.1) is 0 Å². The van der Waals surface area contributed by atoms with E-state index in [1.165, 1.54) is 5.56 Å².